The second-order valence-electron chi connectivity index (χ2n) is 5.54. The molecule has 0 spiro atoms. The quantitative estimate of drug-likeness (QED) is 0.597. The van der Waals surface area contributed by atoms with Crippen LogP contribution in [0.25, 0.3) is 22.2 Å². The summed E-state index contributed by atoms with van der Waals surface area (Å²) in [5.41, 5.74) is 3.35. The number of benzene rings is 1. The van der Waals surface area contributed by atoms with Gasteiger partial charge in [0.05, 0.1) is 22.6 Å². The van der Waals surface area contributed by atoms with Crippen LogP contribution >= 0.6 is 11.3 Å². The molecule has 0 unspecified atom stereocenters. The summed E-state index contributed by atoms with van der Waals surface area (Å²) in [6, 6.07) is 8.29. The van der Waals surface area contributed by atoms with Crippen LogP contribution in [0.1, 0.15) is 10.7 Å². The molecule has 0 saturated carbocycles. The molecule has 0 amide bonds. The molecule has 0 aliphatic heterocycles. The Labute approximate surface area is 147 Å². The SMILES string of the molecule is Cc1nc(CNc2ncnc3ncc(-c4ccc(F)cc4)cc23)cs1. The Balaban J connectivity index is 1.69. The van der Waals surface area contributed by atoms with Crippen molar-refractivity contribution in [2.75, 3.05) is 5.32 Å². The minimum Gasteiger partial charge on any atom is -0.364 e. The molecule has 4 aromatic rings. The number of nitrogens with zero attached hydrogens (tertiary/aromatic N) is 4. The minimum absolute atomic E-state index is 0.262. The van der Waals surface area contributed by atoms with Crippen molar-refractivity contribution in [3.63, 3.8) is 0 Å². The predicted octanol–water partition coefficient (Wildman–Crippen LogP) is 4.21. The van der Waals surface area contributed by atoms with Crippen LogP contribution in [0.5, 0.6) is 0 Å². The van der Waals surface area contributed by atoms with E-state index in [0.29, 0.717) is 18.0 Å². The zero-order valence-electron chi connectivity index (χ0n) is 13.4. The van der Waals surface area contributed by atoms with Crippen molar-refractivity contribution in [3.8, 4) is 11.1 Å². The van der Waals surface area contributed by atoms with Crippen LogP contribution in [0.3, 0.4) is 0 Å². The summed E-state index contributed by atoms with van der Waals surface area (Å²) in [6.45, 7) is 2.56. The van der Waals surface area contributed by atoms with Crippen molar-refractivity contribution >= 4 is 28.2 Å². The van der Waals surface area contributed by atoms with E-state index >= 15 is 0 Å². The van der Waals surface area contributed by atoms with Gasteiger partial charge >= 0.3 is 0 Å². The number of hydrogen-bond donors (Lipinski definition) is 1. The van der Waals surface area contributed by atoms with E-state index in [-0.39, 0.29) is 5.82 Å². The molecule has 5 nitrogen and oxygen atoms in total. The van der Waals surface area contributed by atoms with E-state index in [1.807, 2.05) is 18.4 Å². The molecular weight excluding hydrogens is 337 g/mol. The second kappa shape index (κ2) is 6.52. The van der Waals surface area contributed by atoms with Gasteiger partial charge in [-0.3, -0.25) is 0 Å². The molecule has 0 radical (unpaired) electrons. The summed E-state index contributed by atoms with van der Waals surface area (Å²) < 4.78 is 13.1. The molecule has 0 bridgehead atoms. The normalized spacial score (nSPS) is 11.0. The van der Waals surface area contributed by atoms with Crippen molar-refractivity contribution < 1.29 is 4.39 Å². The molecule has 3 aromatic heterocycles. The van der Waals surface area contributed by atoms with Crippen LogP contribution in [0.15, 0.2) is 48.2 Å². The number of anilines is 1. The average Bonchev–Trinajstić information content (AvgIpc) is 3.05. The number of pyridine rings is 1. The summed E-state index contributed by atoms with van der Waals surface area (Å²) in [5, 5.41) is 7.17. The first kappa shape index (κ1) is 15.6. The van der Waals surface area contributed by atoms with Gasteiger partial charge in [-0.25, -0.2) is 24.3 Å². The second-order valence-corrected chi connectivity index (χ2v) is 6.60. The average molecular weight is 351 g/mol. The Kier molecular flexibility index (Phi) is 4.07. The Morgan fingerprint density at radius 3 is 2.68 bits per heavy atom. The number of aryl methyl sites for hydroxylation is 1. The van der Waals surface area contributed by atoms with E-state index in [1.165, 1.54) is 18.5 Å². The molecule has 3 heterocycles. The number of halogens is 1. The first-order valence-corrected chi connectivity index (χ1v) is 8.58. The van der Waals surface area contributed by atoms with Crippen molar-refractivity contribution in [1.29, 1.82) is 0 Å². The van der Waals surface area contributed by atoms with E-state index in [0.717, 1.165) is 27.2 Å². The Morgan fingerprint density at radius 2 is 1.92 bits per heavy atom. The number of aromatic nitrogens is 4. The number of thiazole rings is 1. The van der Waals surface area contributed by atoms with Crippen LogP contribution in [0.2, 0.25) is 0 Å². The topological polar surface area (TPSA) is 63.6 Å². The highest BCUT2D eigenvalue weighted by atomic mass is 32.1. The standard InChI is InChI=1S/C18H14FN5S/c1-11-24-15(9-25-11)8-21-18-16-6-13(7-20-17(16)22-10-23-18)12-2-4-14(19)5-3-12/h2-7,9-10H,8H2,1H3,(H,20,21,22,23). The lowest BCUT2D eigenvalue weighted by Gasteiger charge is -2.08. The van der Waals surface area contributed by atoms with Gasteiger partial charge in [0, 0.05) is 17.1 Å². The van der Waals surface area contributed by atoms with Crippen molar-refractivity contribution in [3.05, 3.63) is 64.8 Å². The fraction of sp³-hybridized carbons (Fsp3) is 0.111. The van der Waals surface area contributed by atoms with E-state index in [1.54, 1.807) is 29.7 Å². The first-order chi connectivity index (χ1) is 12.2. The number of fused-ring (bicyclic) bond motifs is 1. The number of nitrogens with one attached hydrogen (secondary N) is 1. The monoisotopic (exact) mass is 351 g/mol. The van der Waals surface area contributed by atoms with Gasteiger partial charge in [-0.15, -0.1) is 11.3 Å². The molecule has 124 valence electrons. The third-order valence-electron chi connectivity index (χ3n) is 3.77. The van der Waals surface area contributed by atoms with Crippen LogP contribution in [-0.2, 0) is 6.54 Å². The Hall–Kier alpha value is -2.93. The van der Waals surface area contributed by atoms with E-state index in [4.69, 9.17) is 0 Å². The van der Waals surface area contributed by atoms with Gasteiger partial charge in [0.2, 0.25) is 0 Å². The van der Waals surface area contributed by atoms with Crippen molar-refractivity contribution in [2.24, 2.45) is 0 Å². The fourth-order valence-electron chi connectivity index (χ4n) is 2.55. The zero-order chi connectivity index (χ0) is 17.2. The third kappa shape index (κ3) is 3.32. The van der Waals surface area contributed by atoms with Gasteiger partial charge in [0.15, 0.2) is 5.65 Å². The molecular formula is C18H14FN5S. The largest absolute Gasteiger partial charge is 0.364 e. The number of rotatable bonds is 4. The predicted molar refractivity (Wildman–Crippen MR) is 96.9 cm³/mol. The summed E-state index contributed by atoms with van der Waals surface area (Å²) in [6.07, 6.45) is 3.22. The highest BCUT2D eigenvalue weighted by Crippen LogP contribution is 2.25. The Bertz CT molecular complexity index is 1030. The van der Waals surface area contributed by atoms with Gasteiger partial charge in [-0.05, 0) is 30.7 Å². The van der Waals surface area contributed by atoms with Gasteiger partial charge in [0.1, 0.15) is 18.0 Å². The molecule has 0 atom stereocenters. The van der Waals surface area contributed by atoms with Crippen LogP contribution in [0.4, 0.5) is 10.2 Å². The lowest BCUT2D eigenvalue weighted by Crippen LogP contribution is -2.03. The highest BCUT2D eigenvalue weighted by Gasteiger charge is 2.08. The summed E-state index contributed by atoms with van der Waals surface area (Å²) in [7, 11) is 0. The summed E-state index contributed by atoms with van der Waals surface area (Å²) in [5.74, 6) is 0.439. The molecule has 4 rings (SSSR count). The minimum atomic E-state index is -0.262. The lowest BCUT2D eigenvalue weighted by atomic mass is 10.1. The van der Waals surface area contributed by atoms with Crippen LogP contribution in [-0.4, -0.2) is 19.9 Å². The molecule has 0 saturated heterocycles. The third-order valence-corrected chi connectivity index (χ3v) is 4.59. The maximum absolute atomic E-state index is 13.1. The van der Waals surface area contributed by atoms with Gasteiger partial charge in [-0.1, -0.05) is 12.1 Å². The molecule has 0 fully saturated rings. The zero-order valence-corrected chi connectivity index (χ0v) is 14.2. The maximum atomic E-state index is 13.1. The molecule has 0 aliphatic carbocycles. The first-order valence-electron chi connectivity index (χ1n) is 7.70. The lowest BCUT2D eigenvalue weighted by molar-refractivity contribution is 0.628. The molecule has 0 aliphatic rings. The van der Waals surface area contributed by atoms with E-state index < -0.39 is 0 Å². The summed E-state index contributed by atoms with van der Waals surface area (Å²) in [4.78, 5) is 17.4. The highest BCUT2D eigenvalue weighted by molar-refractivity contribution is 7.09. The van der Waals surface area contributed by atoms with Gasteiger partial charge in [0.25, 0.3) is 0 Å². The molecule has 25 heavy (non-hydrogen) atoms. The fourth-order valence-corrected chi connectivity index (χ4v) is 3.16. The van der Waals surface area contributed by atoms with Crippen LogP contribution < -0.4 is 5.32 Å². The summed E-state index contributed by atoms with van der Waals surface area (Å²) >= 11 is 1.62. The number of hydrogen-bond acceptors (Lipinski definition) is 6. The van der Waals surface area contributed by atoms with Crippen LogP contribution in [0, 0.1) is 12.7 Å². The molecule has 1 N–H and O–H groups in total. The van der Waals surface area contributed by atoms with Gasteiger partial charge < -0.3 is 5.32 Å². The Morgan fingerprint density at radius 1 is 1.08 bits per heavy atom. The van der Waals surface area contributed by atoms with Gasteiger partial charge in [-0.2, -0.15) is 0 Å². The smallest absolute Gasteiger partial charge is 0.164 e. The van der Waals surface area contributed by atoms with E-state index in [9.17, 15) is 4.39 Å². The maximum Gasteiger partial charge on any atom is 0.164 e. The van der Waals surface area contributed by atoms with Crippen molar-refractivity contribution in [1.82, 2.24) is 19.9 Å². The molecule has 7 heteroatoms. The van der Waals surface area contributed by atoms with Crippen molar-refractivity contribution in [2.45, 2.75) is 13.5 Å². The van der Waals surface area contributed by atoms with E-state index in [2.05, 4.69) is 25.3 Å². The molecule has 1 aromatic carbocycles.